The zero-order valence-corrected chi connectivity index (χ0v) is 18.4. The van der Waals surface area contributed by atoms with E-state index in [1.165, 1.54) is 30.3 Å². The Morgan fingerprint density at radius 1 is 1.12 bits per heavy atom. The Bertz CT molecular complexity index is 1040. The number of epoxide rings is 1. The molecular formula is C25H24FNO7. The fourth-order valence-electron chi connectivity index (χ4n) is 2.73. The van der Waals surface area contributed by atoms with E-state index in [-0.39, 0.29) is 24.3 Å². The lowest BCUT2D eigenvalue weighted by Gasteiger charge is -2.09. The summed E-state index contributed by atoms with van der Waals surface area (Å²) in [5.41, 5.74) is 0.609. The lowest BCUT2D eigenvalue weighted by molar-refractivity contribution is -0.137. The van der Waals surface area contributed by atoms with Crippen LogP contribution >= 0.6 is 0 Å². The van der Waals surface area contributed by atoms with Crippen molar-refractivity contribution < 1.29 is 37.7 Å². The van der Waals surface area contributed by atoms with Crippen molar-refractivity contribution in [2.45, 2.75) is 18.9 Å². The number of esters is 2. The molecule has 178 valence electrons. The molecule has 8 nitrogen and oxygen atoms in total. The van der Waals surface area contributed by atoms with Crippen LogP contribution in [0.5, 0.6) is 11.5 Å². The van der Waals surface area contributed by atoms with Crippen LogP contribution in [-0.2, 0) is 19.0 Å². The van der Waals surface area contributed by atoms with Gasteiger partial charge in [0.05, 0.1) is 37.4 Å². The molecule has 0 saturated carbocycles. The smallest absolute Gasteiger partial charge is 0.343 e. The molecule has 0 aromatic heterocycles. The fourth-order valence-corrected chi connectivity index (χ4v) is 2.73. The van der Waals surface area contributed by atoms with Gasteiger partial charge in [0.15, 0.2) is 11.6 Å². The van der Waals surface area contributed by atoms with Crippen LogP contribution in [0.25, 0.3) is 6.08 Å². The largest absolute Gasteiger partial charge is 0.491 e. The maximum Gasteiger partial charge on any atom is 0.343 e. The number of halogens is 1. The van der Waals surface area contributed by atoms with Crippen LogP contribution in [0, 0.1) is 17.1 Å². The number of nitrogens with zero attached hydrogens (tertiary/aromatic N) is 1. The van der Waals surface area contributed by atoms with E-state index >= 15 is 0 Å². The van der Waals surface area contributed by atoms with Crippen LogP contribution in [0.2, 0.25) is 0 Å². The molecular weight excluding hydrogens is 445 g/mol. The Kier molecular flexibility index (Phi) is 9.58. The molecule has 0 aliphatic carbocycles. The Balaban J connectivity index is 1.44. The van der Waals surface area contributed by atoms with Crippen molar-refractivity contribution in [2.75, 3.05) is 33.0 Å². The molecule has 1 heterocycles. The quantitative estimate of drug-likeness (QED) is 0.144. The van der Waals surface area contributed by atoms with Gasteiger partial charge in [-0.2, -0.15) is 5.26 Å². The van der Waals surface area contributed by atoms with Crippen LogP contribution in [0.1, 0.15) is 28.8 Å². The van der Waals surface area contributed by atoms with E-state index in [0.717, 1.165) is 25.2 Å². The number of ether oxygens (including phenoxy) is 5. The summed E-state index contributed by atoms with van der Waals surface area (Å²) >= 11 is 0. The van der Waals surface area contributed by atoms with Crippen molar-refractivity contribution in [1.29, 1.82) is 5.26 Å². The van der Waals surface area contributed by atoms with Crippen LogP contribution in [0.4, 0.5) is 4.39 Å². The predicted octanol–water partition coefficient (Wildman–Crippen LogP) is 3.70. The topological polar surface area (TPSA) is 107 Å². The Morgan fingerprint density at radius 3 is 2.62 bits per heavy atom. The van der Waals surface area contributed by atoms with Crippen LogP contribution < -0.4 is 9.47 Å². The van der Waals surface area contributed by atoms with Crippen molar-refractivity contribution >= 4 is 18.0 Å². The van der Waals surface area contributed by atoms with Crippen LogP contribution in [-0.4, -0.2) is 51.1 Å². The molecule has 1 fully saturated rings. The average Bonchev–Trinajstić information content (AvgIpc) is 3.66. The monoisotopic (exact) mass is 469 g/mol. The van der Waals surface area contributed by atoms with Crippen LogP contribution in [0.3, 0.4) is 0 Å². The second-order valence-corrected chi connectivity index (χ2v) is 7.22. The molecule has 1 unspecified atom stereocenters. The molecule has 1 aliphatic heterocycles. The summed E-state index contributed by atoms with van der Waals surface area (Å²) in [6.07, 6.45) is 3.80. The van der Waals surface area contributed by atoms with Crippen molar-refractivity contribution in [3.05, 3.63) is 65.5 Å². The third kappa shape index (κ3) is 8.65. The SMILES string of the molecule is N#CCCOC(=O)/C=C/c1ccc(OC(=O)c2ccc(OCCOCCC3CO3)cc2)c(F)c1. The molecule has 0 bridgehead atoms. The first-order valence-electron chi connectivity index (χ1n) is 10.7. The fraction of sp³-hybridized carbons (Fsp3) is 0.320. The highest BCUT2D eigenvalue weighted by atomic mass is 19.1. The zero-order valence-electron chi connectivity index (χ0n) is 18.4. The van der Waals surface area contributed by atoms with E-state index in [1.807, 2.05) is 6.07 Å². The van der Waals surface area contributed by atoms with Gasteiger partial charge in [0, 0.05) is 12.7 Å². The normalized spacial score (nSPS) is 14.4. The van der Waals surface area contributed by atoms with E-state index in [1.54, 1.807) is 12.1 Å². The van der Waals surface area contributed by atoms with Crippen molar-refractivity contribution in [2.24, 2.45) is 0 Å². The summed E-state index contributed by atoms with van der Waals surface area (Å²) in [6, 6.07) is 12.0. The Morgan fingerprint density at radius 2 is 1.91 bits per heavy atom. The number of rotatable bonds is 13. The third-order valence-corrected chi connectivity index (χ3v) is 4.60. The molecule has 1 atom stereocenters. The Labute approximate surface area is 196 Å². The van der Waals surface area contributed by atoms with E-state index < -0.39 is 17.8 Å². The average molecular weight is 469 g/mol. The number of carbonyl (C=O) groups excluding carboxylic acids is 2. The Hall–Kier alpha value is -3.74. The molecule has 0 radical (unpaired) electrons. The summed E-state index contributed by atoms with van der Waals surface area (Å²) in [4.78, 5) is 23.8. The maximum atomic E-state index is 14.3. The summed E-state index contributed by atoms with van der Waals surface area (Å²) in [6.45, 7) is 2.25. The maximum absolute atomic E-state index is 14.3. The number of carbonyl (C=O) groups is 2. The lowest BCUT2D eigenvalue weighted by Crippen LogP contribution is -2.10. The molecule has 3 rings (SSSR count). The highest BCUT2D eigenvalue weighted by Gasteiger charge is 2.21. The van der Waals surface area contributed by atoms with Gasteiger partial charge in [-0.25, -0.2) is 14.0 Å². The minimum atomic E-state index is -0.762. The second kappa shape index (κ2) is 13.1. The number of hydrogen-bond donors (Lipinski definition) is 0. The molecule has 9 heteroatoms. The lowest BCUT2D eigenvalue weighted by atomic mass is 10.2. The first kappa shape index (κ1) is 24.9. The van der Waals surface area contributed by atoms with E-state index in [9.17, 15) is 14.0 Å². The summed E-state index contributed by atoms with van der Waals surface area (Å²) < 4.78 is 40.4. The van der Waals surface area contributed by atoms with E-state index in [0.29, 0.717) is 37.2 Å². The van der Waals surface area contributed by atoms with E-state index in [4.69, 9.17) is 28.9 Å². The van der Waals surface area contributed by atoms with Gasteiger partial charge in [-0.1, -0.05) is 6.07 Å². The van der Waals surface area contributed by atoms with Crippen molar-refractivity contribution in [1.82, 2.24) is 0 Å². The molecule has 2 aromatic carbocycles. The molecule has 34 heavy (non-hydrogen) atoms. The van der Waals surface area contributed by atoms with Crippen molar-refractivity contribution in [3.63, 3.8) is 0 Å². The first-order valence-corrected chi connectivity index (χ1v) is 10.7. The summed E-state index contributed by atoms with van der Waals surface area (Å²) in [5.74, 6) is -1.80. The number of nitriles is 1. The molecule has 0 spiro atoms. The molecule has 0 N–H and O–H groups in total. The predicted molar refractivity (Wildman–Crippen MR) is 119 cm³/mol. The highest BCUT2D eigenvalue weighted by molar-refractivity contribution is 5.91. The van der Waals surface area contributed by atoms with Gasteiger partial charge in [0.2, 0.25) is 0 Å². The van der Waals surface area contributed by atoms with Gasteiger partial charge >= 0.3 is 11.9 Å². The standard InChI is InChI=1S/C25H24FNO7/c26-22-16-18(3-9-24(28)32-12-1-11-27)2-8-23(22)34-25(29)19-4-6-20(7-5-19)31-15-14-30-13-10-21-17-33-21/h2-9,16,21H,1,10,12-15,17H2/b9-3+. The summed E-state index contributed by atoms with van der Waals surface area (Å²) in [7, 11) is 0. The molecule has 1 saturated heterocycles. The highest BCUT2D eigenvalue weighted by Crippen LogP contribution is 2.21. The molecule has 2 aromatic rings. The second-order valence-electron chi connectivity index (χ2n) is 7.22. The van der Waals surface area contributed by atoms with Crippen LogP contribution in [0.15, 0.2) is 48.5 Å². The van der Waals surface area contributed by atoms with Gasteiger partial charge < -0.3 is 23.7 Å². The summed E-state index contributed by atoms with van der Waals surface area (Å²) in [5, 5.41) is 8.41. The zero-order chi connectivity index (χ0) is 24.2. The van der Waals surface area contributed by atoms with E-state index in [2.05, 4.69) is 0 Å². The van der Waals surface area contributed by atoms with Gasteiger partial charge in [0.25, 0.3) is 0 Å². The van der Waals surface area contributed by atoms with Gasteiger partial charge in [-0.3, -0.25) is 0 Å². The minimum absolute atomic E-state index is 0.0129. The number of hydrogen-bond acceptors (Lipinski definition) is 8. The third-order valence-electron chi connectivity index (χ3n) is 4.60. The first-order chi connectivity index (χ1) is 16.5. The number of benzene rings is 2. The molecule has 0 amide bonds. The van der Waals surface area contributed by atoms with Gasteiger partial charge in [0.1, 0.15) is 19.0 Å². The minimum Gasteiger partial charge on any atom is -0.491 e. The van der Waals surface area contributed by atoms with Crippen molar-refractivity contribution in [3.8, 4) is 17.6 Å². The van der Waals surface area contributed by atoms with Gasteiger partial charge in [-0.05, 0) is 54.5 Å². The molecule has 1 aliphatic rings. The van der Waals surface area contributed by atoms with Gasteiger partial charge in [-0.15, -0.1) is 0 Å².